The summed E-state index contributed by atoms with van der Waals surface area (Å²) in [7, 11) is 0. The van der Waals surface area contributed by atoms with Gasteiger partial charge in [0.2, 0.25) is 0 Å². The number of carbonyl (C=O) groups excluding carboxylic acids is 1. The maximum atomic E-state index is 12.3. The first-order valence-corrected chi connectivity index (χ1v) is 7.92. The Kier molecular flexibility index (Phi) is 4.91. The van der Waals surface area contributed by atoms with Gasteiger partial charge in [-0.25, -0.2) is 4.79 Å². The van der Waals surface area contributed by atoms with Crippen LogP contribution in [0.1, 0.15) is 40.0 Å². The standard InChI is InChI=1S/C15H28N2O3/c1-4-16(5-2)14(19)17-9-7-15(8-10-17)12(18)11-13(15)20-6-3/h12-13,18H,4-11H2,1-3H3/t12-,13-/m0/s1. The van der Waals surface area contributed by atoms with Crippen LogP contribution in [0.2, 0.25) is 0 Å². The van der Waals surface area contributed by atoms with E-state index in [1.807, 2.05) is 30.6 Å². The van der Waals surface area contributed by atoms with E-state index in [0.717, 1.165) is 45.4 Å². The van der Waals surface area contributed by atoms with E-state index < -0.39 is 0 Å². The second kappa shape index (κ2) is 6.31. The van der Waals surface area contributed by atoms with Gasteiger partial charge in [-0.05, 0) is 33.6 Å². The van der Waals surface area contributed by atoms with Gasteiger partial charge in [0.15, 0.2) is 0 Å². The highest BCUT2D eigenvalue weighted by atomic mass is 16.5. The molecular formula is C15H28N2O3. The third-order valence-corrected chi connectivity index (χ3v) is 5.11. The summed E-state index contributed by atoms with van der Waals surface area (Å²) in [5.41, 5.74) is -0.101. The molecule has 2 fully saturated rings. The molecule has 1 heterocycles. The molecule has 0 aromatic carbocycles. The van der Waals surface area contributed by atoms with E-state index >= 15 is 0 Å². The summed E-state index contributed by atoms with van der Waals surface area (Å²) < 4.78 is 5.75. The number of carbonyl (C=O) groups is 1. The van der Waals surface area contributed by atoms with Crippen LogP contribution in [0.3, 0.4) is 0 Å². The van der Waals surface area contributed by atoms with Crippen molar-refractivity contribution in [2.45, 2.75) is 52.2 Å². The number of nitrogens with zero attached hydrogens (tertiary/aromatic N) is 2. The van der Waals surface area contributed by atoms with Gasteiger partial charge in [-0.1, -0.05) is 0 Å². The van der Waals surface area contributed by atoms with Crippen LogP contribution in [-0.4, -0.2) is 65.9 Å². The SMILES string of the molecule is CCO[C@H]1C[C@H](O)C12CCN(C(=O)N(CC)CC)CC2. The molecule has 5 heteroatoms. The van der Waals surface area contributed by atoms with Crippen LogP contribution in [0.5, 0.6) is 0 Å². The average molecular weight is 284 g/mol. The topological polar surface area (TPSA) is 53.0 Å². The van der Waals surface area contributed by atoms with Crippen molar-refractivity contribution in [3.05, 3.63) is 0 Å². The fourth-order valence-corrected chi connectivity index (χ4v) is 3.63. The maximum absolute atomic E-state index is 12.3. The second-order valence-electron chi connectivity index (χ2n) is 5.87. The van der Waals surface area contributed by atoms with Crippen molar-refractivity contribution in [2.75, 3.05) is 32.8 Å². The number of likely N-dealkylation sites (tertiary alicyclic amines) is 1. The average Bonchev–Trinajstić information content (AvgIpc) is 2.48. The number of ether oxygens (including phenoxy) is 1. The Balaban J connectivity index is 1.93. The molecule has 0 aromatic rings. The second-order valence-corrected chi connectivity index (χ2v) is 5.87. The van der Waals surface area contributed by atoms with Crippen molar-refractivity contribution in [1.82, 2.24) is 9.80 Å². The molecule has 1 saturated carbocycles. The van der Waals surface area contributed by atoms with Crippen LogP contribution in [0.4, 0.5) is 4.79 Å². The normalized spacial score (nSPS) is 28.3. The molecule has 0 unspecified atom stereocenters. The summed E-state index contributed by atoms with van der Waals surface area (Å²) in [6.45, 7) is 9.67. The molecule has 2 atom stereocenters. The minimum atomic E-state index is -0.259. The molecule has 2 amide bonds. The molecule has 0 radical (unpaired) electrons. The van der Waals surface area contributed by atoms with Crippen molar-refractivity contribution in [3.63, 3.8) is 0 Å². The van der Waals surface area contributed by atoms with Gasteiger partial charge in [0.25, 0.3) is 0 Å². The van der Waals surface area contributed by atoms with Gasteiger partial charge in [-0.2, -0.15) is 0 Å². The van der Waals surface area contributed by atoms with Crippen LogP contribution in [0.25, 0.3) is 0 Å². The Morgan fingerprint density at radius 3 is 2.35 bits per heavy atom. The zero-order valence-corrected chi connectivity index (χ0v) is 13.0. The molecule has 20 heavy (non-hydrogen) atoms. The van der Waals surface area contributed by atoms with Gasteiger partial charge in [-0.15, -0.1) is 0 Å². The Hall–Kier alpha value is -0.810. The lowest BCUT2D eigenvalue weighted by atomic mass is 9.58. The summed E-state index contributed by atoms with van der Waals surface area (Å²) in [6, 6.07) is 0.131. The number of amides is 2. The van der Waals surface area contributed by atoms with E-state index in [4.69, 9.17) is 4.74 Å². The zero-order chi connectivity index (χ0) is 14.8. The molecule has 1 saturated heterocycles. The Bertz CT molecular complexity index is 334. The summed E-state index contributed by atoms with van der Waals surface area (Å²) in [5.74, 6) is 0. The smallest absolute Gasteiger partial charge is 0.319 e. The van der Waals surface area contributed by atoms with Gasteiger partial charge >= 0.3 is 6.03 Å². The number of aliphatic hydroxyl groups excluding tert-OH is 1. The van der Waals surface area contributed by atoms with Crippen LogP contribution in [0.15, 0.2) is 0 Å². The van der Waals surface area contributed by atoms with Crippen molar-refractivity contribution in [3.8, 4) is 0 Å². The highest BCUT2D eigenvalue weighted by molar-refractivity contribution is 5.74. The molecule has 1 N–H and O–H groups in total. The first kappa shape index (κ1) is 15.6. The van der Waals surface area contributed by atoms with Crippen LogP contribution in [0, 0.1) is 5.41 Å². The van der Waals surface area contributed by atoms with Crippen molar-refractivity contribution >= 4 is 6.03 Å². The molecule has 1 spiro atoms. The summed E-state index contributed by atoms with van der Waals surface area (Å²) in [6.07, 6.45) is 2.37. The molecule has 0 aromatic heterocycles. The van der Waals surface area contributed by atoms with Gasteiger partial charge in [0, 0.05) is 44.6 Å². The third kappa shape index (κ3) is 2.53. The minimum Gasteiger partial charge on any atom is -0.392 e. The zero-order valence-electron chi connectivity index (χ0n) is 13.0. The summed E-state index contributed by atoms with van der Waals surface area (Å²) >= 11 is 0. The highest BCUT2D eigenvalue weighted by Crippen LogP contribution is 2.50. The quantitative estimate of drug-likeness (QED) is 0.855. The predicted octanol–water partition coefficient (Wildman–Crippen LogP) is 1.70. The van der Waals surface area contributed by atoms with Crippen molar-refractivity contribution in [2.24, 2.45) is 5.41 Å². The third-order valence-electron chi connectivity index (χ3n) is 5.11. The first-order chi connectivity index (χ1) is 9.58. The molecule has 116 valence electrons. The number of urea groups is 1. The predicted molar refractivity (Wildman–Crippen MR) is 77.6 cm³/mol. The fraction of sp³-hybridized carbons (Fsp3) is 0.933. The monoisotopic (exact) mass is 284 g/mol. The Labute approximate surface area is 121 Å². The van der Waals surface area contributed by atoms with E-state index in [1.165, 1.54) is 0 Å². The number of hydrogen-bond acceptors (Lipinski definition) is 3. The van der Waals surface area contributed by atoms with Crippen molar-refractivity contribution < 1.29 is 14.6 Å². The Morgan fingerprint density at radius 1 is 1.30 bits per heavy atom. The first-order valence-electron chi connectivity index (χ1n) is 7.92. The molecule has 5 nitrogen and oxygen atoms in total. The number of hydrogen-bond donors (Lipinski definition) is 1. The fourth-order valence-electron chi connectivity index (χ4n) is 3.63. The number of aliphatic hydroxyl groups is 1. The number of piperidine rings is 1. The van der Waals surface area contributed by atoms with Crippen LogP contribution >= 0.6 is 0 Å². The maximum Gasteiger partial charge on any atom is 0.319 e. The van der Waals surface area contributed by atoms with Crippen LogP contribution in [-0.2, 0) is 4.74 Å². The van der Waals surface area contributed by atoms with Gasteiger partial charge in [0.05, 0.1) is 12.2 Å². The van der Waals surface area contributed by atoms with Gasteiger partial charge in [-0.3, -0.25) is 0 Å². The molecule has 1 aliphatic heterocycles. The lowest BCUT2D eigenvalue weighted by Crippen LogP contribution is -2.63. The lowest BCUT2D eigenvalue weighted by molar-refractivity contribution is -0.207. The minimum absolute atomic E-state index is 0.101. The van der Waals surface area contributed by atoms with E-state index in [9.17, 15) is 9.90 Å². The molecular weight excluding hydrogens is 256 g/mol. The lowest BCUT2D eigenvalue weighted by Gasteiger charge is -2.56. The molecule has 2 aliphatic rings. The summed E-state index contributed by atoms with van der Waals surface area (Å²) in [4.78, 5) is 16.1. The van der Waals surface area contributed by atoms with E-state index in [2.05, 4.69) is 0 Å². The Morgan fingerprint density at radius 2 is 1.90 bits per heavy atom. The molecule has 2 rings (SSSR count). The largest absolute Gasteiger partial charge is 0.392 e. The molecule has 1 aliphatic carbocycles. The van der Waals surface area contributed by atoms with Crippen molar-refractivity contribution in [1.29, 1.82) is 0 Å². The summed E-state index contributed by atoms with van der Waals surface area (Å²) in [5, 5.41) is 10.2. The van der Waals surface area contributed by atoms with E-state index in [-0.39, 0.29) is 23.7 Å². The van der Waals surface area contributed by atoms with Gasteiger partial charge in [0.1, 0.15) is 0 Å². The number of rotatable bonds is 4. The van der Waals surface area contributed by atoms with E-state index in [1.54, 1.807) is 0 Å². The highest BCUT2D eigenvalue weighted by Gasteiger charge is 2.56. The van der Waals surface area contributed by atoms with E-state index in [0.29, 0.717) is 6.61 Å². The van der Waals surface area contributed by atoms with Crippen LogP contribution < -0.4 is 0 Å². The van der Waals surface area contributed by atoms with Gasteiger partial charge < -0.3 is 19.6 Å². The molecule has 0 bridgehead atoms.